The van der Waals surface area contributed by atoms with E-state index in [0.29, 0.717) is 5.56 Å². The maximum Gasteiger partial charge on any atom is 0.269 e. The number of carbonyl (C=O) groups is 1. The van der Waals surface area contributed by atoms with Crippen LogP contribution in [0.4, 0.5) is 5.69 Å². The van der Waals surface area contributed by atoms with Crippen LogP contribution in [0.3, 0.4) is 0 Å². The first kappa shape index (κ1) is 17.9. The largest absolute Gasteiger partial charge is 0.348 e. The van der Waals surface area contributed by atoms with Crippen molar-refractivity contribution in [3.8, 4) is 0 Å². The lowest BCUT2D eigenvalue weighted by atomic mass is 10.00. The van der Waals surface area contributed by atoms with Gasteiger partial charge in [-0.05, 0) is 31.5 Å². The SMILES string of the molecule is CC1(C)OCC(NC(=O)C(Cl)Cl)C(c2ccc([N+](=O)[O-])cc2)O1. The van der Waals surface area contributed by atoms with Gasteiger partial charge in [0.25, 0.3) is 11.6 Å². The molecule has 1 N–H and O–H groups in total. The van der Waals surface area contributed by atoms with Crippen LogP contribution >= 0.6 is 23.2 Å². The van der Waals surface area contributed by atoms with Crippen LogP contribution in [0.15, 0.2) is 24.3 Å². The van der Waals surface area contributed by atoms with Gasteiger partial charge in [0.15, 0.2) is 10.6 Å². The number of non-ortho nitro benzene ring substituents is 1. The van der Waals surface area contributed by atoms with E-state index < -0.39 is 33.6 Å². The molecule has 9 heteroatoms. The first-order chi connectivity index (χ1) is 10.7. The van der Waals surface area contributed by atoms with Crippen molar-refractivity contribution in [2.45, 2.75) is 36.6 Å². The number of nitrogens with one attached hydrogen (secondary N) is 1. The molecule has 126 valence electrons. The van der Waals surface area contributed by atoms with Crippen LogP contribution in [0, 0.1) is 10.1 Å². The fraction of sp³-hybridized carbons (Fsp3) is 0.500. The van der Waals surface area contributed by atoms with Crippen LogP contribution in [0.5, 0.6) is 0 Å². The topological polar surface area (TPSA) is 90.7 Å². The smallest absolute Gasteiger partial charge is 0.269 e. The summed E-state index contributed by atoms with van der Waals surface area (Å²) in [6.45, 7) is 3.69. The van der Waals surface area contributed by atoms with E-state index in [1.165, 1.54) is 12.1 Å². The van der Waals surface area contributed by atoms with Crippen molar-refractivity contribution in [2.24, 2.45) is 0 Å². The van der Waals surface area contributed by atoms with Gasteiger partial charge in [-0.2, -0.15) is 0 Å². The molecule has 7 nitrogen and oxygen atoms in total. The van der Waals surface area contributed by atoms with Gasteiger partial charge < -0.3 is 14.8 Å². The molecule has 1 aliphatic heterocycles. The minimum atomic E-state index is -1.21. The summed E-state index contributed by atoms with van der Waals surface area (Å²) in [5.74, 6) is -1.41. The number of nitrogens with zero attached hydrogens (tertiary/aromatic N) is 1. The Hall–Kier alpha value is -1.41. The van der Waals surface area contributed by atoms with Gasteiger partial charge in [0.2, 0.25) is 0 Å². The molecule has 1 saturated heterocycles. The standard InChI is InChI=1S/C14H16Cl2N2O5/c1-14(2)22-7-10(17-13(19)12(15)16)11(23-14)8-3-5-9(6-4-8)18(20)21/h3-6,10-12H,7H2,1-2H3,(H,17,19). The highest BCUT2D eigenvalue weighted by Crippen LogP contribution is 2.33. The average molecular weight is 363 g/mol. The van der Waals surface area contributed by atoms with Crippen molar-refractivity contribution in [3.63, 3.8) is 0 Å². The zero-order valence-corrected chi connectivity index (χ0v) is 14.0. The van der Waals surface area contributed by atoms with Gasteiger partial charge >= 0.3 is 0 Å². The quantitative estimate of drug-likeness (QED) is 0.505. The second-order valence-electron chi connectivity index (χ2n) is 5.51. The third-order valence-corrected chi connectivity index (χ3v) is 3.74. The Kier molecular flexibility index (Phi) is 5.46. The molecular formula is C14H16Cl2N2O5. The third kappa shape index (κ3) is 4.54. The zero-order chi connectivity index (χ0) is 17.2. The van der Waals surface area contributed by atoms with Gasteiger partial charge in [0.1, 0.15) is 6.10 Å². The Morgan fingerprint density at radius 1 is 1.39 bits per heavy atom. The van der Waals surface area contributed by atoms with Crippen molar-refractivity contribution in [1.29, 1.82) is 0 Å². The summed E-state index contributed by atoms with van der Waals surface area (Å²) in [6.07, 6.45) is -0.546. The Morgan fingerprint density at radius 3 is 2.52 bits per heavy atom. The fourth-order valence-corrected chi connectivity index (χ4v) is 2.37. The molecule has 23 heavy (non-hydrogen) atoms. The normalized spacial score (nSPS) is 23.5. The predicted octanol–water partition coefficient (Wildman–Crippen LogP) is 2.71. The summed E-state index contributed by atoms with van der Waals surface area (Å²) in [6, 6.07) is 5.42. The summed E-state index contributed by atoms with van der Waals surface area (Å²) in [5.41, 5.74) is 0.653. The van der Waals surface area contributed by atoms with E-state index in [-0.39, 0.29) is 12.3 Å². The number of nitro groups is 1. The Morgan fingerprint density at radius 2 is 2.00 bits per heavy atom. The molecular weight excluding hydrogens is 347 g/mol. The molecule has 0 aliphatic carbocycles. The number of hydrogen-bond acceptors (Lipinski definition) is 5. The van der Waals surface area contributed by atoms with Gasteiger partial charge in [-0.3, -0.25) is 14.9 Å². The molecule has 0 radical (unpaired) electrons. The molecule has 1 amide bonds. The molecule has 1 fully saturated rings. The van der Waals surface area contributed by atoms with Crippen LogP contribution in [-0.4, -0.2) is 34.1 Å². The number of halogens is 2. The first-order valence-corrected chi connectivity index (χ1v) is 7.71. The minimum Gasteiger partial charge on any atom is -0.348 e. The Labute approximate surface area is 143 Å². The van der Waals surface area contributed by atoms with Gasteiger partial charge in [0.05, 0.1) is 17.6 Å². The molecule has 2 rings (SSSR count). The second-order valence-corrected chi connectivity index (χ2v) is 6.61. The van der Waals surface area contributed by atoms with Crippen molar-refractivity contribution >= 4 is 34.8 Å². The highest BCUT2D eigenvalue weighted by molar-refractivity contribution is 6.53. The second kappa shape index (κ2) is 7.00. The number of nitro benzene ring substituents is 1. The number of ether oxygens (including phenoxy) is 2. The number of amides is 1. The van der Waals surface area contributed by atoms with Crippen molar-refractivity contribution in [2.75, 3.05) is 6.61 Å². The van der Waals surface area contributed by atoms with Crippen LogP contribution in [-0.2, 0) is 14.3 Å². The van der Waals surface area contributed by atoms with E-state index in [2.05, 4.69) is 5.32 Å². The van der Waals surface area contributed by atoms with Gasteiger partial charge in [-0.25, -0.2) is 0 Å². The van der Waals surface area contributed by atoms with Crippen LogP contribution in [0.2, 0.25) is 0 Å². The summed E-state index contributed by atoms with van der Waals surface area (Å²) in [5, 5.41) is 13.4. The summed E-state index contributed by atoms with van der Waals surface area (Å²) in [4.78, 5) is 20.8. The van der Waals surface area contributed by atoms with Crippen molar-refractivity contribution in [3.05, 3.63) is 39.9 Å². The molecule has 0 spiro atoms. The van der Waals surface area contributed by atoms with Gasteiger partial charge in [0, 0.05) is 12.1 Å². The first-order valence-electron chi connectivity index (χ1n) is 6.84. The predicted molar refractivity (Wildman–Crippen MR) is 84.4 cm³/mol. The molecule has 1 aliphatic rings. The third-order valence-electron chi connectivity index (χ3n) is 3.35. The summed E-state index contributed by atoms with van der Waals surface area (Å²) < 4.78 is 11.4. The number of alkyl halides is 2. The molecule has 2 atom stereocenters. The highest BCUT2D eigenvalue weighted by Gasteiger charge is 2.38. The lowest BCUT2D eigenvalue weighted by molar-refractivity contribution is -0.384. The lowest BCUT2D eigenvalue weighted by Gasteiger charge is -2.41. The number of benzene rings is 1. The maximum atomic E-state index is 11.7. The van der Waals surface area contributed by atoms with E-state index >= 15 is 0 Å². The van der Waals surface area contributed by atoms with Crippen LogP contribution in [0.25, 0.3) is 0 Å². The van der Waals surface area contributed by atoms with E-state index in [0.717, 1.165) is 0 Å². The van der Waals surface area contributed by atoms with E-state index in [9.17, 15) is 14.9 Å². The molecule has 0 saturated carbocycles. The van der Waals surface area contributed by atoms with E-state index in [1.807, 2.05) is 0 Å². The molecule has 0 aromatic heterocycles. The van der Waals surface area contributed by atoms with Gasteiger partial charge in [-0.15, -0.1) is 0 Å². The fourth-order valence-electron chi connectivity index (χ4n) is 2.25. The maximum absolute atomic E-state index is 11.7. The average Bonchev–Trinajstić information content (AvgIpc) is 2.48. The molecule has 1 aromatic carbocycles. The number of hydrogen-bond donors (Lipinski definition) is 1. The van der Waals surface area contributed by atoms with Crippen molar-refractivity contribution < 1.29 is 19.2 Å². The minimum absolute atomic E-state index is 0.0257. The lowest BCUT2D eigenvalue weighted by Crippen LogP contribution is -2.52. The Bertz CT molecular complexity index is 591. The van der Waals surface area contributed by atoms with E-state index in [4.69, 9.17) is 32.7 Å². The number of carbonyl (C=O) groups excluding carboxylic acids is 1. The molecule has 1 heterocycles. The Balaban J connectivity index is 2.24. The molecule has 1 aromatic rings. The summed E-state index contributed by atoms with van der Waals surface area (Å²) >= 11 is 11.1. The number of rotatable bonds is 4. The van der Waals surface area contributed by atoms with Crippen LogP contribution < -0.4 is 5.32 Å². The molecule has 2 unspecified atom stereocenters. The van der Waals surface area contributed by atoms with Crippen molar-refractivity contribution in [1.82, 2.24) is 5.32 Å². The highest BCUT2D eigenvalue weighted by atomic mass is 35.5. The van der Waals surface area contributed by atoms with Gasteiger partial charge in [-0.1, -0.05) is 23.2 Å². The monoisotopic (exact) mass is 362 g/mol. The van der Waals surface area contributed by atoms with E-state index in [1.54, 1.807) is 26.0 Å². The summed E-state index contributed by atoms with van der Waals surface area (Å²) in [7, 11) is 0. The molecule has 0 bridgehead atoms. The van der Waals surface area contributed by atoms with Crippen LogP contribution in [0.1, 0.15) is 25.5 Å². The zero-order valence-electron chi connectivity index (χ0n) is 12.5.